The van der Waals surface area contributed by atoms with Crippen LogP contribution >= 0.6 is 0 Å². The van der Waals surface area contributed by atoms with Crippen molar-refractivity contribution in [1.82, 2.24) is 29.6 Å². The van der Waals surface area contributed by atoms with Gasteiger partial charge in [0.15, 0.2) is 5.96 Å². The number of aryl methyl sites for hydroxylation is 2. The fourth-order valence-electron chi connectivity index (χ4n) is 3.87. The van der Waals surface area contributed by atoms with Gasteiger partial charge in [-0.25, -0.2) is 4.98 Å². The Morgan fingerprint density at radius 2 is 1.90 bits per heavy atom. The SMILES string of the molecule is CCNC(=NCCCCn1ccnc1C)N1CCN(CC(=O)N2CCOCC2)CC1. The monoisotopic (exact) mass is 419 g/mol. The normalized spacial score (nSPS) is 18.7. The number of piperazine rings is 1. The van der Waals surface area contributed by atoms with Crippen LogP contribution in [0.25, 0.3) is 0 Å². The maximum atomic E-state index is 12.5. The molecule has 1 N–H and O–H groups in total. The average Bonchev–Trinajstić information content (AvgIpc) is 3.18. The number of carbonyl (C=O) groups is 1. The zero-order valence-corrected chi connectivity index (χ0v) is 18.6. The van der Waals surface area contributed by atoms with E-state index in [1.54, 1.807) is 0 Å². The third kappa shape index (κ3) is 6.70. The summed E-state index contributed by atoms with van der Waals surface area (Å²) >= 11 is 0. The van der Waals surface area contributed by atoms with Gasteiger partial charge >= 0.3 is 0 Å². The van der Waals surface area contributed by atoms with Crippen molar-refractivity contribution in [3.63, 3.8) is 0 Å². The van der Waals surface area contributed by atoms with Crippen molar-refractivity contribution in [3.05, 3.63) is 18.2 Å². The van der Waals surface area contributed by atoms with Crippen molar-refractivity contribution in [2.75, 3.05) is 72.1 Å². The fourth-order valence-corrected chi connectivity index (χ4v) is 3.87. The largest absolute Gasteiger partial charge is 0.378 e. The molecule has 0 saturated carbocycles. The van der Waals surface area contributed by atoms with E-state index in [1.165, 1.54) is 0 Å². The summed E-state index contributed by atoms with van der Waals surface area (Å²) in [6.07, 6.45) is 6.04. The summed E-state index contributed by atoms with van der Waals surface area (Å²) in [5.74, 6) is 2.28. The Bertz CT molecular complexity index is 677. The molecule has 2 aliphatic rings. The average molecular weight is 420 g/mol. The van der Waals surface area contributed by atoms with Crippen LogP contribution in [0.1, 0.15) is 25.6 Å². The second-order valence-corrected chi connectivity index (χ2v) is 7.87. The van der Waals surface area contributed by atoms with Crippen LogP contribution in [0.3, 0.4) is 0 Å². The highest BCUT2D eigenvalue weighted by molar-refractivity contribution is 5.80. The van der Waals surface area contributed by atoms with Crippen LogP contribution < -0.4 is 5.32 Å². The van der Waals surface area contributed by atoms with Gasteiger partial charge in [-0.05, 0) is 26.7 Å². The van der Waals surface area contributed by atoms with Gasteiger partial charge in [-0.2, -0.15) is 0 Å². The summed E-state index contributed by atoms with van der Waals surface area (Å²) in [5, 5.41) is 3.43. The molecule has 3 rings (SSSR count). The predicted octanol–water partition coefficient (Wildman–Crippen LogP) is 0.414. The summed E-state index contributed by atoms with van der Waals surface area (Å²) in [5.41, 5.74) is 0. The highest BCUT2D eigenvalue weighted by atomic mass is 16.5. The van der Waals surface area contributed by atoms with Gasteiger partial charge in [-0.3, -0.25) is 14.7 Å². The molecule has 2 fully saturated rings. The Labute approximate surface area is 180 Å². The van der Waals surface area contributed by atoms with Gasteiger partial charge < -0.3 is 24.4 Å². The quantitative estimate of drug-likeness (QED) is 0.374. The molecule has 0 atom stereocenters. The number of amides is 1. The van der Waals surface area contributed by atoms with E-state index in [0.29, 0.717) is 19.8 Å². The molecule has 0 radical (unpaired) electrons. The lowest BCUT2D eigenvalue weighted by Crippen LogP contribution is -2.54. The predicted molar refractivity (Wildman–Crippen MR) is 118 cm³/mol. The molecular formula is C21H37N7O2. The first-order valence-electron chi connectivity index (χ1n) is 11.3. The molecule has 9 heteroatoms. The number of aromatic nitrogens is 2. The zero-order chi connectivity index (χ0) is 21.2. The molecule has 1 amide bonds. The molecule has 2 aliphatic heterocycles. The standard InChI is InChI=1S/C21H37N7O2/c1-3-22-21(24-6-4-5-8-26-9-7-23-19(26)2)28-12-10-25(11-13-28)18-20(29)27-14-16-30-17-15-27/h7,9H,3-6,8,10-18H2,1-2H3,(H,22,24). The van der Waals surface area contributed by atoms with E-state index in [0.717, 1.165) is 83.5 Å². The molecule has 3 heterocycles. The maximum absolute atomic E-state index is 12.5. The second kappa shape index (κ2) is 11.9. The number of ether oxygens (including phenoxy) is 1. The lowest BCUT2D eigenvalue weighted by molar-refractivity contribution is -0.136. The highest BCUT2D eigenvalue weighted by Gasteiger charge is 2.24. The van der Waals surface area contributed by atoms with Crippen LogP contribution in [0.15, 0.2) is 17.4 Å². The number of imidazole rings is 1. The molecule has 0 aliphatic carbocycles. The number of morpholine rings is 1. The maximum Gasteiger partial charge on any atom is 0.236 e. The van der Waals surface area contributed by atoms with Gasteiger partial charge in [0.25, 0.3) is 0 Å². The molecule has 168 valence electrons. The molecule has 1 aromatic heterocycles. The van der Waals surface area contributed by atoms with E-state index in [9.17, 15) is 4.79 Å². The van der Waals surface area contributed by atoms with Crippen LogP contribution in [0.2, 0.25) is 0 Å². The van der Waals surface area contributed by atoms with Crippen molar-refractivity contribution < 1.29 is 9.53 Å². The van der Waals surface area contributed by atoms with Gasteiger partial charge in [-0.1, -0.05) is 0 Å². The Hall–Kier alpha value is -2.13. The van der Waals surface area contributed by atoms with Gasteiger partial charge in [0.2, 0.25) is 5.91 Å². The van der Waals surface area contributed by atoms with Gasteiger partial charge in [0.1, 0.15) is 5.82 Å². The molecular weight excluding hydrogens is 382 g/mol. The number of nitrogens with zero attached hydrogens (tertiary/aromatic N) is 6. The number of hydrogen-bond acceptors (Lipinski definition) is 5. The molecule has 0 spiro atoms. The first kappa shape index (κ1) is 22.6. The molecule has 2 saturated heterocycles. The van der Waals surface area contributed by atoms with Crippen molar-refractivity contribution >= 4 is 11.9 Å². The van der Waals surface area contributed by atoms with E-state index in [1.807, 2.05) is 24.2 Å². The Morgan fingerprint density at radius 3 is 2.57 bits per heavy atom. The molecule has 0 bridgehead atoms. The van der Waals surface area contributed by atoms with E-state index in [4.69, 9.17) is 9.73 Å². The second-order valence-electron chi connectivity index (χ2n) is 7.87. The first-order chi connectivity index (χ1) is 14.7. The lowest BCUT2D eigenvalue weighted by atomic mass is 10.3. The summed E-state index contributed by atoms with van der Waals surface area (Å²) in [6.45, 7) is 13.7. The minimum atomic E-state index is 0.223. The van der Waals surface area contributed by atoms with Crippen molar-refractivity contribution in [1.29, 1.82) is 0 Å². The van der Waals surface area contributed by atoms with Gasteiger partial charge in [0, 0.05) is 71.3 Å². The van der Waals surface area contributed by atoms with Crippen molar-refractivity contribution in [2.45, 2.75) is 33.2 Å². The number of nitrogens with one attached hydrogen (secondary N) is 1. The first-order valence-corrected chi connectivity index (χ1v) is 11.3. The number of hydrogen-bond donors (Lipinski definition) is 1. The van der Waals surface area contributed by atoms with Crippen molar-refractivity contribution in [2.24, 2.45) is 4.99 Å². The van der Waals surface area contributed by atoms with E-state index >= 15 is 0 Å². The van der Waals surface area contributed by atoms with Crippen LogP contribution in [0, 0.1) is 6.92 Å². The molecule has 9 nitrogen and oxygen atoms in total. The molecule has 0 aromatic carbocycles. The fraction of sp³-hybridized carbons (Fsp3) is 0.762. The summed E-state index contributed by atoms with van der Waals surface area (Å²) in [7, 11) is 0. The minimum absolute atomic E-state index is 0.223. The minimum Gasteiger partial charge on any atom is -0.378 e. The summed E-state index contributed by atoms with van der Waals surface area (Å²) < 4.78 is 7.52. The zero-order valence-electron chi connectivity index (χ0n) is 18.6. The topological polar surface area (TPSA) is 78.2 Å². The van der Waals surface area contributed by atoms with E-state index in [2.05, 4.69) is 31.6 Å². The molecule has 30 heavy (non-hydrogen) atoms. The number of aliphatic imine (C=N–C) groups is 1. The van der Waals surface area contributed by atoms with Crippen LogP contribution in [0.4, 0.5) is 0 Å². The number of carbonyl (C=O) groups excluding carboxylic acids is 1. The smallest absolute Gasteiger partial charge is 0.236 e. The third-order valence-electron chi connectivity index (χ3n) is 5.72. The third-order valence-corrected chi connectivity index (χ3v) is 5.72. The van der Waals surface area contributed by atoms with Crippen molar-refractivity contribution in [3.8, 4) is 0 Å². The van der Waals surface area contributed by atoms with Crippen LogP contribution in [-0.4, -0.2) is 108 Å². The summed E-state index contributed by atoms with van der Waals surface area (Å²) in [4.78, 5) is 28.1. The van der Waals surface area contributed by atoms with E-state index in [-0.39, 0.29) is 5.91 Å². The van der Waals surface area contributed by atoms with Crippen LogP contribution in [-0.2, 0) is 16.1 Å². The molecule has 0 unspecified atom stereocenters. The van der Waals surface area contributed by atoms with Gasteiger partial charge in [-0.15, -0.1) is 0 Å². The Morgan fingerprint density at radius 1 is 1.13 bits per heavy atom. The van der Waals surface area contributed by atoms with E-state index < -0.39 is 0 Å². The highest BCUT2D eigenvalue weighted by Crippen LogP contribution is 2.06. The lowest BCUT2D eigenvalue weighted by Gasteiger charge is -2.37. The number of rotatable bonds is 8. The number of guanidine groups is 1. The Kier molecular flexibility index (Phi) is 8.95. The summed E-state index contributed by atoms with van der Waals surface area (Å²) in [6, 6.07) is 0. The molecule has 1 aromatic rings. The van der Waals surface area contributed by atoms with Crippen LogP contribution in [0.5, 0.6) is 0 Å². The number of unbranched alkanes of at least 4 members (excludes halogenated alkanes) is 1. The Balaban J connectivity index is 1.39. The van der Waals surface area contributed by atoms with Gasteiger partial charge in [0.05, 0.1) is 19.8 Å².